The SMILES string of the molecule is Cc1cc(C)cc(N2C(=O)/C(=C\c3cccc(Br)c3)NC2=S)c1. The van der Waals surface area contributed by atoms with Crippen molar-refractivity contribution in [2.75, 3.05) is 4.90 Å². The minimum Gasteiger partial charge on any atom is -0.327 e. The normalized spacial score (nSPS) is 16.1. The van der Waals surface area contributed by atoms with Crippen molar-refractivity contribution in [3.8, 4) is 0 Å². The molecule has 0 aromatic heterocycles. The minimum atomic E-state index is -0.139. The average Bonchev–Trinajstić information content (AvgIpc) is 2.72. The smallest absolute Gasteiger partial charge is 0.281 e. The molecule has 3 rings (SSSR count). The highest BCUT2D eigenvalue weighted by molar-refractivity contribution is 9.10. The van der Waals surface area contributed by atoms with E-state index in [9.17, 15) is 4.79 Å². The third kappa shape index (κ3) is 3.35. The first-order chi connectivity index (χ1) is 10.9. The first-order valence-electron chi connectivity index (χ1n) is 7.15. The van der Waals surface area contributed by atoms with E-state index >= 15 is 0 Å². The summed E-state index contributed by atoms with van der Waals surface area (Å²) in [5, 5.41) is 3.42. The Morgan fingerprint density at radius 2 is 1.83 bits per heavy atom. The number of halogens is 1. The maximum atomic E-state index is 12.7. The standard InChI is InChI=1S/C18H15BrN2OS/c1-11-6-12(2)8-15(7-11)21-17(22)16(20-18(21)23)10-13-4-3-5-14(19)9-13/h3-10H,1-2H3,(H,20,23)/b16-10+. The summed E-state index contributed by atoms with van der Waals surface area (Å²) in [4.78, 5) is 14.3. The van der Waals surface area contributed by atoms with Crippen LogP contribution in [0, 0.1) is 13.8 Å². The van der Waals surface area contributed by atoms with Crippen molar-refractivity contribution in [1.82, 2.24) is 5.32 Å². The van der Waals surface area contributed by atoms with Crippen LogP contribution in [0.4, 0.5) is 5.69 Å². The fourth-order valence-corrected chi connectivity index (χ4v) is 3.33. The van der Waals surface area contributed by atoms with Crippen molar-refractivity contribution >= 4 is 50.9 Å². The largest absolute Gasteiger partial charge is 0.327 e. The maximum absolute atomic E-state index is 12.7. The van der Waals surface area contributed by atoms with Crippen LogP contribution in [0.1, 0.15) is 16.7 Å². The van der Waals surface area contributed by atoms with E-state index in [-0.39, 0.29) is 5.91 Å². The monoisotopic (exact) mass is 386 g/mol. The molecule has 3 nitrogen and oxygen atoms in total. The Morgan fingerprint density at radius 3 is 2.48 bits per heavy atom. The summed E-state index contributed by atoms with van der Waals surface area (Å²) in [6, 6.07) is 13.7. The molecule has 116 valence electrons. The van der Waals surface area contributed by atoms with Gasteiger partial charge in [0.25, 0.3) is 5.91 Å². The Hall–Kier alpha value is -1.98. The molecule has 1 aliphatic rings. The lowest BCUT2D eigenvalue weighted by molar-refractivity contribution is -0.113. The van der Waals surface area contributed by atoms with Gasteiger partial charge in [-0.25, -0.2) is 0 Å². The van der Waals surface area contributed by atoms with E-state index in [1.54, 1.807) is 4.90 Å². The molecule has 0 saturated carbocycles. The Labute approximate surface area is 149 Å². The van der Waals surface area contributed by atoms with E-state index in [2.05, 4.69) is 27.3 Å². The molecule has 1 heterocycles. The molecule has 23 heavy (non-hydrogen) atoms. The Balaban J connectivity index is 1.97. The zero-order valence-corrected chi connectivity index (χ0v) is 15.2. The zero-order chi connectivity index (χ0) is 16.6. The van der Waals surface area contributed by atoms with Crippen LogP contribution in [0.5, 0.6) is 0 Å². The van der Waals surface area contributed by atoms with E-state index in [1.165, 1.54) is 0 Å². The predicted octanol–water partition coefficient (Wildman–Crippen LogP) is 4.33. The van der Waals surface area contributed by atoms with Crippen LogP contribution in [-0.2, 0) is 4.79 Å². The molecule has 1 N–H and O–H groups in total. The van der Waals surface area contributed by atoms with Crippen molar-refractivity contribution in [1.29, 1.82) is 0 Å². The summed E-state index contributed by atoms with van der Waals surface area (Å²) in [5.74, 6) is -0.139. The summed E-state index contributed by atoms with van der Waals surface area (Å²) in [6.45, 7) is 4.01. The van der Waals surface area contributed by atoms with Gasteiger partial charge in [-0.1, -0.05) is 34.1 Å². The number of carbonyl (C=O) groups is 1. The molecule has 1 aliphatic heterocycles. The number of amides is 1. The van der Waals surface area contributed by atoms with Crippen molar-refractivity contribution in [2.45, 2.75) is 13.8 Å². The van der Waals surface area contributed by atoms with Crippen molar-refractivity contribution in [3.63, 3.8) is 0 Å². The van der Waals surface area contributed by atoms with Gasteiger partial charge in [0.2, 0.25) is 0 Å². The quantitative estimate of drug-likeness (QED) is 0.615. The number of nitrogens with one attached hydrogen (secondary N) is 1. The molecule has 5 heteroatoms. The van der Waals surface area contributed by atoms with Gasteiger partial charge in [0.15, 0.2) is 5.11 Å². The Morgan fingerprint density at radius 1 is 1.13 bits per heavy atom. The first kappa shape index (κ1) is 15.9. The summed E-state index contributed by atoms with van der Waals surface area (Å²) in [7, 11) is 0. The van der Waals surface area contributed by atoms with Gasteiger partial charge in [0.05, 0.1) is 5.69 Å². The highest BCUT2D eigenvalue weighted by Gasteiger charge is 2.32. The fraction of sp³-hybridized carbons (Fsp3) is 0.111. The second kappa shape index (κ2) is 6.26. The second-order valence-electron chi connectivity index (χ2n) is 5.53. The molecule has 2 aromatic rings. The highest BCUT2D eigenvalue weighted by atomic mass is 79.9. The molecule has 0 atom stereocenters. The lowest BCUT2D eigenvalue weighted by atomic mass is 10.1. The van der Waals surface area contributed by atoms with Crippen molar-refractivity contribution in [3.05, 3.63) is 69.3 Å². The van der Waals surface area contributed by atoms with Gasteiger partial charge in [0.1, 0.15) is 5.70 Å². The number of carbonyl (C=O) groups excluding carboxylic acids is 1. The number of nitrogens with zero attached hydrogens (tertiary/aromatic N) is 1. The average molecular weight is 387 g/mol. The van der Waals surface area contributed by atoms with Crippen LogP contribution in [0.15, 0.2) is 52.6 Å². The van der Waals surface area contributed by atoms with Crippen LogP contribution in [-0.4, -0.2) is 11.0 Å². The van der Waals surface area contributed by atoms with E-state index in [1.807, 2.05) is 56.3 Å². The summed E-state index contributed by atoms with van der Waals surface area (Å²) in [5.41, 5.74) is 4.40. The molecule has 1 fully saturated rings. The van der Waals surface area contributed by atoms with Crippen LogP contribution in [0.25, 0.3) is 6.08 Å². The van der Waals surface area contributed by atoms with Crippen LogP contribution >= 0.6 is 28.1 Å². The van der Waals surface area contributed by atoms with Crippen LogP contribution in [0.2, 0.25) is 0 Å². The van der Waals surface area contributed by atoms with E-state index in [0.29, 0.717) is 10.8 Å². The molecule has 0 aliphatic carbocycles. The third-order valence-electron chi connectivity index (χ3n) is 3.50. The molecule has 0 radical (unpaired) electrons. The molecular weight excluding hydrogens is 372 g/mol. The number of aryl methyl sites for hydroxylation is 2. The van der Waals surface area contributed by atoms with E-state index in [0.717, 1.165) is 26.9 Å². The lowest BCUT2D eigenvalue weighted by Crippen LogP contribution is -2.30. The summed E-state index contributed by atoms with van der Waals surface area (Å²) < 4.78 is 0.964. The minimum absolute atomic E-state index is 0.139. The van der Waals surface area contributed by atoms with Gasteiger partial charge >= 0.3 is 0 Å². The van der Waals surface area contributed by atoms with Crippen molar-refractivity contribution in [2.24, 2.45) is 0 Å². The van der Waals surface area contributed by atoms with Crippen LogP contribution in [0.3, 0.4) is 0 Å². The summed E-state index contributed by atoms with van der Waals surface area (Å²) >= 11 is 8.78. The lowest BCUT2D eigenvalue weighted by Gasteiger charge is -2.15. The Kier molecular flexibility index (Phi) is 4.33. The number of anilines is 1. The highest BCUT2D eigenvalue weighted by Crippen LogP contribution is 2.25. The van der Waals surface area contributed by atoms with Crippen molar-refractivity contribution < 1.29 is 4.79 Å². The fourth-order valence-electron chi connectivity index (χ4n) is 2.61. The molecule has 0 spiro atoms. The number of hydrogen-bond donors (Lipinski definition) is 1. The molecule has 0 unspecified atom stereocenters. The third-order valence-corrected chi connectivity index (χ3v) is 4.28. The number of rotatable bonds is 2. The number of hydrogen-bond acceptors (Lipinski definition) is 2. The van der Waals surface area contributed by atoms with E-state index in [4.69, 9.17) is 12.2 Å². The molecule has 0 bridgehead atoms. The number of thiocarbonyl (C=S) groups is 1. The Bertz CT molecular complexity index is 824. The van der Waals surface area contributed by atoms with Gasteiger partial charge < -0.3 is 5.32 Å². The molecular formula is C18H15BrN2OS. The molecule has 2 aromatic carbocycles. The first-order valence-corrected chi connectivity index (χ1v) is 8.35. The summed E-state index contributed by atoms with van der Waals surface area (Å²) in [6.07, 6.45) is 1.81. The second-order valence-corrected chi connectivity index (χ2v) is 6.83. The number of benzene rings is 2. The van der Waals surface area contributed by atoms with Gasteiger partial charge in [-0.05, 0) is 73.1 Å². The van der Waals surface area contributed by atoms with Gasteiger partial charge in [-0.15, -0.1) is 0 Å². The van der Waals surface area contributed by atoms with Gasteiger partial charge in [0, 0.05) is 4.47 Å². The molecule has 1 saturated heterocycles. The predicted molar refractivity (Wildman–Crippen MR) is 101 cm³/mol. The van der Waals surface area contributed by atoms with E-state index < -0.39 is 0 Å². The maximum Gasteiger partial charge on any atom is 0.281 e. The molecule has 1 amide bonds. The topological polar surface area (TPSA) is 32.3 Å². The zero-order valence-electron chi connectivity index (χ0n) is 12.8. The van der Waals surface area contributed by atoms with Gasteiger partial charge in [-0.3, -0.25) is 9.69 Å². The van der Waals surface area contributed by atoms with Gasteiger partial charge in [-0.2, -0.15) is 0 Å². The van der Waals surface area contributed by atoms with Crippen LogP contribution < -0.4 is 10.2 Å².